The van der Waals surface area contributed by atoms with E-state index in [1.54, 1.807) is 6.21 Å². The Morgan fingerprint density at radius 2 is 2.07 bits per heavy atom. The van der Waals surface area contributed by atoms with Crippen LogP contribution in [0.3, 0.4) is 0 Å². The van der Waals surface area contributed by atoms with Crippen molar-refractivity contribution in [2.24, 2.45) is 5.10 Å². The number of nitrogen functional groups attached to an aromatic ring is 1. The van der Waals surface area contributed by atoms with Gasteiger partial charge in [-0.3, -0.25) is 5.43 Å². The number of hydrogen-bond acceptors (Lipinski definition) is 6. The van der Waals surface area contributed by atoms with Crippen LogP contribution in [0.1, 0.15) is 5.56 Å². The predicted molar refractivity (Wildman–Crippen MR) is 56.4 cm³/mol. The van der Waals surface area contributed by atoms with E-state index < -0.39 is 0 Å². The first kappa shape index (κ1) is 9.20. The second-order valence-electron chi connectivity index (χ2n) is 2.78. The molecule has 1 aromatic heterocycles. The molecule has 2 aromatic rings. The van der Waals surface area contributed by atoms with Crippen LogP contribution in [0.2, 0.25) is 0 Å². The van der Waals surface area contributed by atoms with Crippen molar-refractivity contribution in [3.63, 3.8) is 0 Å². The van der Waals surface area contributed by atoms with E-state index in [-0.39, 0.29) is 5.82 Å². The lowest BCUT2D eigenvalue weighted by molar-refractivity contribution is 0.310. The van der Waals surface area contributed by atoms with E-state index >= 15 is 0 Å². The quantitative estimate of drug-likeness (QED) is 0.575. The molecule has 76 valence electrons. The maximum atomic E-state index is 5.42. The fraction of sp³-hybridized carbons (Fsp3) is 0. The lowest BCUT2D eigenvalue weighted by Crippen LogP contribution is -1.95. The van der Waals surface area contributed by atoms with E-state index in [0.717, 1.165) is 5.56 Å². The highest BCUT2D eigenvalue weighted by Gasteiger charge is 2.02. The summed E-state index contributed by atoms with van der Waals surface area (Å²) >= 11 is 0. The van der Waals surface area contributed by atoms with Gasteiger partial charge in [0, 0.05) is 0 Å². The van der Waals surface area contributed by atoms with Gasteiger partial charge in [-0.25, -0.2) is 4.63 Å². The molecule has 0 aliphatic carbocycles. The van der Waals surface area contributed by atoms with Gasteiger partial charge < -0.3 is 5.73 Å². The van der Waals surface area contributed by atoms with E-state index in [2.05, 4.69) is 25.5 Å². The van der Waals surface area contributed by atoms with Crippen molar-refractivity contribution in [2.45, 2.75) is 0 Å². The fourth-order valence-electron chi connectivity index (χ4n) is 0.980. The van der Waals surface area contributed by atoms with Crippen molar-refractivity contribution >= 4 is 17.9 Å². The van der Waals surface area contributed by atoms with Gasteiger partial charge in [-0.2, -0.15) is 5.10 Å². The Balaban J connectivity index is 2.00. The molecular formula is C9H9N5O. The average Bonchev–Trinajstić information content (AvgIpc) is 2.66. The first-order chi connectivity index (χ1) is 7.36. The lowest BCUT2D eigenvalue weighted by Gasteiger charge is -1.93. The summed E-state index contributed by atoms with van der Waals surface area (Å²) < 4.78 is 4.39. The summed E-state index contributed by atoms with van der Waals surface area (Å²) in [7, 11) is 0. The van der Waals surface area contributed by atoms with Crippen molar-refractivity contribution in [1.82, 2.24) is 10.3 Å². The Bertz CT molecular complexity index is 451. The third kappa shape index (κ3) is 2.31. The Hall–Kier alpha value is -2.37. The minimum Gasteiger partial charge on any atom is -0.378 e. The normalized spacial score (nSPS) is 10.7. The summed E-state index contributed by atoms with van der Waals surface area (Å²) in [6.45, 7) is 0. The highest BCUT2D eigenvalue weighted by atomic mass is 16.6. The Labute approximate surface area is 85.7 Å². The largest absolute Gasteiger partial charge is 0.378 e. The molecule has 0 radical (unpaired) electrons. The van der Waals surface area contributed by atoms with Crippen LogP contribution in [-0.4, -0.2) is 16.5 Å². The highest BCUT2D eigenvalue weighted by Crippen LogP contribution is 2.09. The standard InChI is InChI=1S/C9H9N5O/c10-8-9(14-15-13-8)12-11-6-7-4-2-1-3-5-7/h1-6H,(H2,10,13)(H,12,14). The Morgan fingerprint density at radius 1 is 1.27 bits per heavy atom. The molecule has 2 rings (SSSR count). The third-order valence-corrected chi connectivity index (χ3v) is 1.70. The van der Waals surface area contributed by atoms with Gasteiger partial charge in [-0.1, -0.05) is 30.3 Å². The van der Waals surface area contributed by atoms with Crippen LogP contribution >= 0.6 is 0 Å². The van der Waals surface area contributed by atoms with E-state index in [4.69, 9.17) is 5.73 Å². The summed E-state index contributed by atoms with van der Waals surface area (Å²) in [5, 5.41) is 10.8. The molecule has 0 saturated carbocycles. The molecule has 1 heterocycles. The molecule has 0 aliphatic heterocycles. The van der Waals surface area contributed by atoms with Gasteiger partial charge in [0.2, 0.25) is 11.6 Å². The summed E-state index contributed by atoms with van der Waals surface area (Å²) in [6.07, 6.45) is 1.65. The molecule has 6 heteroatoms. The zero-order valence-corrected chi connectivity index (χ0v) is 7.79. The fourth-order valence-corrected chi connectivity index (χ4v) is 0.980. The molecule has 0 atom stereocenters. The first-order valence-electron chi connectivity index (χ1n) is 4.28. The van der Waals surface area contributed by atoms with E-state index in [1.165, 1.54) is 0 Å². The topological polar surface area (TPSA) is 89.3 Å². The van der Waals surface area contributed by atoms with Crippen molar-refractivity contribution < 1.29 is 4.63 Å². The number of benzene rings is 1. The van der Waals surface area contributed by atoms with E-state index in [1.807, 2.05) is 30.3 Å². The molecule has 15 heavy (non-hydrogen) atoms. The molecule has 0 fully saturated rings. The monoisotopic (exact) mass is 203 g/mol. The molecule has 0 saturated heterocycles. The zero-order valence-electron chi connectivity index (χ0n) is 7.79. The number of rotatable bonds is 3. The molecular weight excluding hydrogens is 194 g/mol. The third-order valence-electron chi connectivity index (χ3n) is 1.70. The number of nitrogens with two attached hydrogens (primary N) is 1. The van der Waals surface area contributed by atoms with Gasteiger partial charge in [0.05, 0.1) is 6.21 Å². The highest BCUT2D eigenvalue weighted by molar-refractivity contribution is 5.80. The van der Waals surface area contributed by atoms with Gasteiger partial charge in [0.15, 0.2) is 0 Å². The number of hydrazone groups is 1. The van der Waals surface area contributed by atoms with Gasteiger partial charge in [0.25, 0.3) is 0 Å². The molecule has 0 aliphatic rings. The van der Waals surface area contributed by atoms with Gasteiger partial charge in [0.1, 0.15) is 0 Å². The second-order valence-corrected chi connectivity index (χ2v) is 2.78. The molecule has 0 unspecified atom stereocenters. The molecule has 0 amide bonds. The molecule has 0 spiro atoms. The van der Waals surface area contributed by atoms with Crippen LogP contribution in [0.25, 0.3) is 0 Å². The second kappa shape index (κ2) is 4.23. The minimum atomic E-state index is 0.181. The molecule has 6 nitrogen and oxygen atoms in total. The van der Waals surface area contributed by atoms with Crippen molar-refractivity contribution in [3.05, 3.63) is 35.9 Å². The first-order valence-corrected chi connectivity index (χ1v) is 4.28. The maximum absolute atomic E-state index is 5.42. The smallest absolute Gasteiger partial charge is 0.235 e. The van der Waals surface area contributed by atoms with E-state index in [9.17, 15) is 0 Å². The number of hydrogen-bond donors (Lipinski definition) is 2. The van der Waals surface area contributed by atoms with Gasteiger partial charge >= 0.3 is 0 Å². The van der Waals surface area contributed by atoms with Crippen molar-refractivity contribution in [2.75, 3.05) is 11.2 Å². The van der Waals surface area contributed by atoms with Gasteiger partial charge in [-0.15, -0.1) is 0 Å². The van der Waals surface area contributed by atoms with Crippen LogP contribution < -0.4 is 11.2 Å². The SMILES string of the molecule is Nc1nonc1NN=Cc1ccccc1. The maximum Gasteiger partial charge on any atom is 0.235 e. The summed E-state index contributed by atoms with van der Waals surface area (Å²) in [5.41, 5.74) is 9.01. The lowest BCUT2D eigenvalue weighted by atomic mass is 10.2. The predicted octanol–water partition coefficient (Wildman–Crippen LogP) is 1.10. The van der Waals surface area contributed by atoms with Crippen LogP contribution in [-0.2, 0) is 0 Å². The van der Waals surface area contributed by atoms with Crippen LogP contribution in [0.5, 0.6) is 0 Å². The summed E-state index contributed by atoms with van der Waals surface area (Å²) in [5.74, 6) is 0.488. The molecule has 3 N–H and O–H groups in total. The minimum absolute atomic E-state index is 0.181. The molecule has 0 bridgehead atoms. The van der Waals surface area contributed by atoms with E-state index in [0.29, 0.717) is 5.82 Å². The molecule has 1 aromatic carbocycles. The van der Waals surface area contributed by atoms with Crippen LogP contribution in [0.4, 0.5) is 11.6 Å². The van der Waals surface area contributed by atoms with Crippen molar-refractivity contribution in [3.8, 4) is 0 Å². The summed E-state index contributed by atoms with van der Waals surface area (Å²) in [6, 6.07) is 9.64. The number of nitrogens with one attached hydrogen (secondary N) is 1. The van der Waals surface area contributed by atoms with Crippen LogP contribution in [0, 0.1) is 0 Å². The van der Waals surface area contributed by atoms with Crippen LogP contribution in [0.15, 0.2) is 40.1 Å². The van der Waals surface area contributed by atoms with Gasteiger partial charge in [-0.05, 0) is 15.9 Å². The number of anilines is 2. The Kier molecular flexibility index (Phi) is 2.59. The average molecular weight is 203 g/mol. The zero-order chi connectivity index (χ0) is 10.5. The number of aromatic nitrogens is 2. The Morgan fingerprint density at radius 3 is 2.73 bits per heavy atom. The number of nitrogens with zero attached hydrogens (tertiary/aromatic N) is 3. The van der Waals surface area contributed by atoms with Crippen molar-refractivity contribution in [1.29, 1.82) is 0 Å². The summed E-state index contributed by atoms with van der Waals surface area (Å²) in [4.78, 5) is 0.